The van der Waals surface area contributed by atoms with Crippen molar-refractivity contribution in [1.29, 1.82) is 0 Å². The molecule has 18 heavy (non-hydrogen) atoms. The molecule has 8 heteroatoms. The molecule has 0 radical (unpaired) electrons. The van der Waals surface area contributed by atoms with E-state index in [2.05, 4.69) is 10.1 Å². The lowest BCUT2D eigenvalue weighted by Crippen LogP contribution is -2.04. The monoisotopic (exact) mass is 248 g/mol. The van der Waals surface area contributed by atoms with E-state index in [1.807, 2.05) is 0 Å². The number of pyridine rings is 1. The van der Waals surface area contributed by atoms with Crippen molar-refractivity contribution in [2.45, 2.75) is 6.54 Å². The van der Waals surface area contributed by atoms with Crippen LogP contribution < -0.4 is 0 Å². The topological polar surface area (TPSA) is 111 Å². The standard InChI is InChI=1S/C10H8N4O4/c15-10(16)9-8(14(17)18)6-13(12-9)5-7-1-3-11-4-2-7/h1-4,6H,5H2,(H,15,16). The Bertz CT molecular complexity index is 562. The highest BCUT2D eigenvalue weighted by atomic mass is 16.6. The predicted octanol–water partition coefficient (Wildman–Crippen LogP) is 0.933. The first kappa shape index (κ1) is 11.7. The van der Waals surface area contributed by atoms with Crippen LogP contribution in [0.15, 0.2) is 30.7 Å². The SMILES string of the molecule is O=C(O)c1nn(Cc2ccncc2)cc1[N+](=O)[O-]. The van der Waals surface area contributed by atoms with Gasteiger partial charge in [0.25, 0.3) is 0 Å². The molecule has 0 aliphatic heterocycles. The maximum absolute atomic E-state index is 10.8. The second-order valence-electron chi connectivity index (χ2n) is 3.48. The Hall–Kier alpha value is -2.77. The van der Waals surface area contributed by atoms with E-state index in [1.165, 1.54) is 4.68 Å². The van der Waals surface area contributed by atoms with Crippen LogP contribution in [0.5, 0.6) is 0 Å². The molecule has 0 atom stereocenters. The number of nitrogens with zero attached hydrogens (tertiary/aromatic N) is 4. The first-order valence-corrected chi connectivity index (χ1v) is 4.92. The highest BCUT2D eigenvalue weighted by Gasteiger charge is 2.24. The third-order valence-corrected chi connectivity index (χ3v) is 2.24. The second-order valence-corrected chi connectivity index (χ2v) is 3.48. The van der Waals surface area contributed by atoms with E-state index in [4.69, 9.17) is 5.11 Å². The number of carboxylic acid groups (broad SMARTS) is 1. The molecule has 0 aliphatic carbocycles. The highest BCUT2D eigenvalue weighted by Crippen LogP contribution is 2.17. The zero-order chi connectivity index (χ0) is 13.1. The summed E-state index contributed by atoms with van der Waals surface area (Å²) < 4.78 is 1.22. The van der Waals surface area contributed by atoms with Crippen molar-refractivity contribution in [2.75, 3.05) is 0 Å². The molecule has 0 aliphatic rings. The van der Waals surface area contributed by atoms with Crippen molar-refractivity contribution in [3.63, 3.8) is 0 Å². The molecule has 2 rings (SSSR count). The average molecular weight is 248 g/mol. The molecule has 0 bridgehead atoms. The van der Waals surface area contributed by atoms with Crippen LogP contribution in [0.25, 0.3) is 0 Å². The third kappa shape index (κ3) is 2.32. The average Bonchev–Trinajstić information content (AvgIpc) is 2.74. The van der Waals surface area contributed by atoms with E-state index in [0.717, 1.165) is 11.8 Å². The molecule has 8 nitrogen and oxygen atoms in total. The summed E-state index contributed by atoms with van der Waals surface area (Å²) in [4.78, 5) is 24.5. The van der Waals surface area contributed by atoms with Crippen LogP contribution in [0, 0.1) is 10.1 Å². The Morgan fingerprint density at radius 1 is 1.44 bits per heavy atom. The van der Waals surface area contributed by atoms with E-state index in [1.54, 1.807) is 24.5 Å². The summed E-state index contributed by atoms with van der Waals surface area (Å²) in [5.41, 5.74) is -0.259. The molecule has 0 saturated heterocycles. The quantitative estimate of drug-likeness (QED) is 0.636. The smallest absolute Gasteiger partial charge is 0.363 e. The number of hydrogen-bond donors (Lipinski definition) is 1. The van der Waals surface area contributed by atoms with Gasteiger partial charge in [0, 0.05) is 12.4 Å². The van der Waals surface area contributed by atoms with E-state index >= 15 is 0 Å². The molecule has 0 aromatic carbocycles. The van der Waals surface area contributed by atoms with Crippen LogP contribution in [-0.4, -0.2) is 30.8 Å². The number of nitro groups is 1. The number of carbonyl (C=O) groups is 1. The summed E-state index contributed by atoms with van der Waals surface area (Å²) in [5, 5.41) is 23.2. The van der Waals surface area contributed by atoms with Gasteiger partial charge in [-0.3, -0.25) is 19.8 Å². The molecule has 2 heterocycles. The van der Waals surface area contributed by atoms with Gasteiger partial charge in [0.2, 0.25) is 5.69 Å². The molecule has 0 spiro atoms. The first-order valence-electron chi connectivity index (χ1n) is 4.92. The van der Waals surface area contributed by atoms with Crippen molar-refractivity contribution < 1.29 is 14.8 Å². The molecule has 0 amide bonds. The Morgan fingerprint density at radius 3 is 2.61 bits per heavy atom. The lowest BCUT2D eigenvalue weighted by molar-refractivity contribution is -0.385. The lowest BCUT2D eigenvalue weighted by Gasteiger charge is -1.99. The Labute approximate surface area is 101 Å². The minimum Gasteiger partial charge on any atom is -0.476 e. The number of aromatic nitrogens is 3. The molecule has 92 valence electrons. The Morgan fingerprint density at radius 2 is 2.11 bits per heavy atom. The highest BCUT2D eigenvalue weighted by molar-refractivity contribution is 5.89. The van der Waals surface area contributed by atoms with E-state index in [9.17, 15) is 14.9 Å². The van der Waals surface area contributed by atoms with Crippen molar-refractivity contribution in [3.05, 3.63) is 52.1 Å². The number of hydrogen-bond acceptors (Lipinski definition) is 5. The summed E-state index contributed by atoms with van der Waals surface area (Å²) in [6.07, 6.45) is 4.25. The van der Waals surface area contributed by atoms with Gasteiger partial charge in [-0.1, -0.05) is 0 Å². The number of rotatable bonds is 4. The van der Waals surface area contributed by atoms with Gasteiger partial charge in [0.15, 0.2) is 0 Å². The van der Waals surface area contributed by atoms with Crippen LogP contribution in [0.3, 0.4) is 0 Å². The summed E-state index contributed by atoms with van der Waals surface area (Å²) in [6, 6.07) is 3.43. The molecular weight excluding hydrogens is 240 g/mol. The van der Waals surface area contributed by atoms with E-state index < -0.39 is 22.3 Å². The molecule has 2 aromatic heterocycles. The van der Waals surface area contributed by atoms with Crippen LogP contribution in [0.1, 0.15) is 16.1 Å². The predicted molar refractivity (Wildman–Crippen MR) is 59.2 cm³/mol. The molecule has 0 unspecified atom stereocenters. The molecule has 2 aromatic rings. The van der Waals surface area contributed by atoms with Gasteiger partial charge in [-0.05, 0) is 17.7 Å². The Balaban J connectivity index is 2.33. The fraction of sp³-hybridized carbons (Fsp3) is 0.100. The normalized spacial score (nSPS) is 10.2. The van der Waals surface area contributed by atoms with Crippen LogP contribution in [0.4, 0.5) is 5.69 Å². The van der Waals surface area contributed by atoms with Gasteiger partial charge in [0.1, 0.15) is 6.20 Å². The van der Waals surface area contributed by atoms with E-state index in [-0.39, 0.29) is 6.54 Å². The molecule has 0 fully saturated rings. The maximum atomic E-state index is 10.8. The van der Waals surface area contributed by atoms with Crippen molar-refractivity contribution in [1.82, 2.24) is 14.8 Å². The van der Waals surface area contributed by atoms with Gasteiger partial charge in [-0.2, -0.15) is 5.10 Å². The molecular formula is C10H8N4O4. The van der Waals surface area contributed by atoms with Gasteiger partial charge in [-0.25, -0.2) is 4.79 Å². The van der Waals surface area contributed by atoms with Crippen molar-refractivity contribution in [2.24, 2.45) is 0 Å². The minimum atomic E-state index is -1.42. The zero-order valence-electron chi connectivity index (χ0n) is 9.05. The van der Waals surface area contributed by atoms with Crippen molar-refractivity contribution in [3.8, 4) is 0 Å². The fourth-order valence-electron chi connectivity index (χ4n) is 1.45. The third-order valence-electron chi connectivity index (χ3n) is 2.24. The second kappa shape index (κ2) is 4.62. The summed E-state index contributed by atoms with van der Waals surface area (Å²) in [5.74, 6) is -1.42. The Kier molecular flexibility index (Phi) is 3.00. The van der Waals surface area contributed by atoms with Crippen LogP contribution >= 0.6 is 0 Å². The summed E-state index contributed by atoms with van der Waals surface area (Å²) in [6.45, 7) is 0.247. The summed E-state index contributed by atoms with van der Waals surface area (Å²) >= 11 is 0. The maximum Gasteiger partial charge on any atom is 0.363 e. The zero-order valence-corrected chi connectivity index (χ0v) is 9.05. The minimum absolute atomic E-state index is 0.247. The van der Waals surface area contributed by atoms with Crippen molar-refractivity contribution >= 4 is 11.7 Å². The van der Waals surface area contributed by atoms with Crippen LogP contribution in [-0.2, 0) is 6.54 Å². The van der Waals surface area contributed by atoms with Gasteiger partial charge < -0.3 is 5.11 Å². The first-order chi connectivity index (χ1) is 8.58. The van der Waals surface area contributed by atoms with Gasteiger partial charge in [-0.15, -0.1) is 0 Å². The van der Waals surface area contributed by atoms with Gasteiger partial charge in [0.05, 0.1) is 11.5 Å². The van der Waals surface area contributed by atoms with E-state index in [0.29, 0.717) is 0 Å². The summed E-state index contributed by atoms with van der Waals surface area (Å²) in [7, 11) is 0. The molecule has 1 N–H and O–H groups in total. The largest absolute Gasteiger partial charge is 0.476 e. The number of aromatic carboxylic acids is 1. The number of carboxylic acids is 1. The lowest BCUT2D eigenvalue weighted by atomic mass is 10.3. The van der Waals surface area contributed by atoms with Crippen LogP contribution in [0.2, 0.25) is 0 Å². The fourth-order valence-corrected chi connectivity index (χ4v) is 1.45. The molecule has 0 saturated carbocycles. The van der Waals surface area contributed by atoms with Gasteiger partial charge >= 0.3 is 11.7 Å².